The molecule has 288 valence electrons. The second-order valence-electron chi connectivity index (χ2n) is 16.3. The van der Waals surface area contributed by atoms with Crippen molar-refractivity contribution >= 4 is 53.9 Å². The van der Waals surface area contributed by atoms with E-state index in [1.165, 1.54) is 121 Å². The molecule has 12 aromatic carbocycles. The Hall–Kier alpha value is -8.06. The van der Waals surface area contributed by atoms with E-state index in [0.29, 0.717) is 0 Å². The third-order valence-electron chi connectivity index (χ3n) is 12.9. The van der Waals surface area contributed by atoms with Gasteiger partial charge in [-0.25, -0.2) is 0 Å². The standard InChI is InChI=1S/C62H40/c1-3-16-41(17-4-1)43-30-34-46(35-31-43)59-51-23-9-10-24-52(51)60(47-36-32-44(33-37-47)42-18-5-2-6-19-42)58-40-48(38-39-57(58)59)61-53-25-11-13-27-55(53)62(56-28-14-12-26-54(56)61)50-29-15-21-45-20-7-8-22-49(45)50/h1-40H. The highest BCUT2D eigenvalue weighted by molar-refractivity contribution is 6.26. The van der Waals surface area contributed by atoms with Crippen molar-refractivity contribution in [2.75, 3.05) is 0 Å². The van der Waals surface area contributed by atoms with Crippen LogP contribution in [0.2, 0.25) is 0 Å². The molecule has 0 spiro atoms. The summed E-state index contributed by atoms with van der Waals surface area (Å²) in [6.07, 6.45) is 0. The van der Waals surface area contributed by atoms with Crippen LogP contribution in [-0.4, -0.2) is 0 Å². The van der Waals surface area contributed by atoms with Crippen molar-refractivity contribution in [2.45, 2.75) is 0 Å². The minimum atomic E-state index is 1.20. The zero-order valence-electron chi connectivity index (χ0n) is 34.1. The van der Waals surface area contributed by atoms with Gasteiger partial charge in [-0.3, -0.25) is 0 Å². The van der Waals surface area contributed by atoms with E-state index in [1.807, 2.05) is 0 Å². The van der Waals surface area contributed by atoms with Crippen molar-refractivity contribution in [2.24, 2.45) is 0 Å². The lowest BCUT2D eigenvalue weighted by molar-refractivity contribution is 1.60. The van der Waals surface area contributed by atoms with E-state index in [9.17, 15) is 0 Å². The van der Waals surface area contributed by atoms with Gasteiger partial charge in [-0.05, 0) is 127 Å². The van der Waals surface area contributed by atoms with E-state index < -0.39 is 0 Å². The number of hydrogen-bond acceptors (Lipinski definition) is 0. The minimum Gasteiger partial charge on any atom is -0.0622 e. The number of rotatable bonds is 6. The Morgan fingerprint density at radius 2 is 0.484 bits per heavy atom. The van der Waals surface area contributed by atoms with Crippen molar-refractivity contribution in [1.82, 2.24) is 0 Å². The second-order valence-corrected chi connectivity index (χ2v) is 16.3. The molecule has 0 aliphatic rings. The maximum absolute atomic E-state index is 2.48. The summed E-state index contributed by atoms with van der Waals surface area (Å²) in [6.45, 7) is 0. The molecular formula is C62H40. The fraction of sp³-hybridized carbons (Fsp3) is 0. The topological polar surface area (TPSA) is 0 Å². The summed E-state index contributed by atoms with van der Waals surface area (Å²) >= 11 is 0. The number of benzene rings is 12. The smallest absolute Gasteiger partial charge is 0.00201 e. The van der Waals surface area contributed by atoms with Crippen LogP contribution < -0.4 is 0 Å². The average molecular weight is 785 g/mol. The van der Waals surface area contributed by atoms with E-state index in [0.717, 1.165) is 0 Å². The summed E-state index contributed by atoms with van der Waals surface area (Å²) in [4.78, 5) is 0. The lowest BCUT2D eigenvalue weighted by atomic mass is 9.82. The normalized spacial score (nSPS) is 11.5. The van der Waals surface area contributed by atoms with Crippen LogP contribution in [0.4, 0.5) is 0 Å². The molecule has 0 fully saturated rings. The lowest BCUT2D eigenvalue weighted by Gasteiger charge is -2.21. The lowest BCUT2D eigenvalue weighted by Crippen LogP contribution is -1.94. The third-order valence-corrected chi connectivity index (χ3v) is 12.9. The predicted octanol–water partition coefficient (Wildman–Crippen LogP) is 17.5. The summed E-state index contributed by atoms with van der Waals surface area (Å²) in [5.74, 6) is 0. The molecule has 0 aromatic heterocycles. The molecule has 0 aliphatic carbocycles. The van der Waals surface area contributed by atoms with Gasteiger partial charge in [-0.15, -0.1) is 0 Å². The SMILES string of the molecule is c1ccc(-c2ccc(-c3c4ccccc4c(-c4ccc(-c5ccccc5)cc4)c4cc(-c5c6ccccc6c(-c6cccc7ccccc67)c6ccccc56)ccc34)cc2)cc1. The van der Waals surface area contributed by atoms with Crippen LogP contribution in [0.5, 0.6) is 0 Å². The van der Waals surface area contributed by atoms with E-state index >= 15 is 0 Å². The van der Waals surface area contributed by atoms with Gasteiger partial charge >= 0.3 is 0 Å². The molecule has 0 nitrogen and oxygen atoms in total. The molecule has 0 bridgehead atoms. The Morgan fingerprint density at radius 3 is 0.984 bits per heavy atom. The van der Waals surface area contributed by atoms with Gasteiger partial charge in [0.25, 0.3) is 0 Å². The van der Waals surface area contributed by atoms with Crippen LogP contribution in [0.25, 0.3) is 121 Å². The summed E-state index contributed by atoms with van der Waals surface area (Å²) in [5.41, 5.74) is 14.8. The summed E-state index contributed by atoms with van der Waals surface area (Å²) in [6, 6.07) is 89.4. The van der Waals surface area contributed by atoms with Crippen LogP contribution in [0.3, 0.4) is 0 Å². The molecule has 0 amide bonds. The number of hydrogen-bond donors (Lipinski definition) is 0. The first-order valence-electron chi connectivity index (χ1n) is 21.5. The van der Waals surface area contributed by atoms with Gasteiger partial charge in [0.1, 0.15) is 0 Å². The fourth-order valence-electron chi connectivity index (χ4n) is 10.0. The molecule has 0 N–H and O–H groups in total. The summed E-state index contributed by atoms with van der Waals surface area (Å²) in [5, 5.41) is 12.5. The molecule has 0 saturated carbocycles. The molecule has 0 radical (unpaired) electrons. The van der Waals surface area contributed by atoms with Crippen LogP contribution in [0.1, 0.15) is 0 Å². The molecule has 0 aliphatic heterocycles. The monoisotopic (exact) mass is 784 g/mol. The van der Waals surface area contributed by atoms with Gasteiger partial charge < -0.3 is 0 Å². The summed E-state index contributed by atoms with van der Waals surface area (Å²) in [7, 11) is 0. The van der Waals surface area contributed by atoms with Crippen LogP contribution in [-0.2, 0) is 0 Å². The van der Waals surface area contributed by atoms with Crippen LogP contribution in [0, 0.1) is 0 Å². The molecule has 0 heteroatoms. The quantitative estimate of drug-likeness (QED) is 0.147. The highest BCUT2D eigenvalue weighted by Crippen LogP contribution is 2.49. The highest BCUT2D eigenvalue weighted by atomic mass is 14.2. The zero-order chi connectivity index (χ0) is 41.0. The van der Waals surface area contributed by atoms with Gasteiger partial charge in [0.05, 0.1) is 0 Å². The fourth-order valence-corrected chi connectivity index (χ4v) is 10.0. The van der Waals surface area contributed by atoms with Gasteiger partial charge in [0.2, 0.25) is 0 Å². The first-order valence-corrected chi connectivity index (χ1v) is 21.5. The van der Waals surface area contributed by atoms with Gasteiger partial charge in [0, 0.05) is 0 Å². The molecule has 12 rings (SSSR count). The van der Waals surface area contributed by atoms with Crippen molar-refractivity contribution < 1.29 is 0 Å². The second kappa shape index (κ2) is 14.9. The first-order chi connectivity index (χ1) is 30.8. The molecule has 0 saturated heterocycles. The zero-order valence-corrected chi connectivity index (χ0v) is 34.1. The molecule has 0 heterocycles. The largest absolute Gasteiger partial charge is 0.0622 e. The maximum Gasteiger partial charge on any atom is -0.00201 e. The first kappa shape index (κ1) is 35.8. The van der Waals surface area contributed by atoms with E-state index in [1.54, 1.807) is 0 Å². The van der Waals surface area contributed by atoms with Crippen molar-refractivity contribution in [3.63, 3.8) is 0 Å². The Balaban J connectivity index is 1.15. The van der Waals surface area contributed by atoms with Gasteiger partial charge in [0.15, 0.2) is 0 Å². The van der Waals surface area contributed by atoms with Crippen molar-refractivity contribution in [1.29, 1.82) is 0 Å². The number of fused-ring (bicyclic) bond motifs is 5. The molecular weight excluding hydrogens is 745 g/mol. The van der Waals surface area contributed by atoms with E-state index in [-0.39, 0.29) is 0 Å². The molecule has 62 heavy (non-hydrogen) atoms. The van der Waals surface area contributed by atoms with E-state index in [4.69, 9.17) is 0 Å². The molecule has 12 aromatic rings. The molecule has 0 unspecified atom stereocenters. The Morgan fingerprint density at radius 1 is 0.161 bits per heavy atom. The average Bonchev–Trinajstić information content (AvgIpc) is 3.35. The maximum atomic E-state index is 2.48. The van der Waals surface area contributed by atoms with Crippen LogP contribution >= 0.6 is 0 Å². The predicted molar refractivity (Wildman–Crippen MR) is 267 cm³/mol. The van der Waals surface area contributed by atoms with Crippen LogP contribution in [0.15, 0.2) is 243 Å². The van der Waals surface area contributed by atoms with E-state index in [2.05, 4.69) is 243 Å². The van der Waals surface area contributed by atoms with Gasteiger partial charge in [-0.1, -0.05) is 237 Å². The van der Waals surface area contributed by atoms with Crippen molar-refractivity contribution in [3.05, 3.63) is 243 Å². The summed E-state index contributed by atoms with van der Waals surface area (Å²) < 4.78 is 0. The highest BCUT2D eigenvalue weighted by Gasteiger charge is 2.21. The Bertz CT molecular complexity index is 3570. The molecule has 0 atom stereocenters. The Kier molecular flexibility index (Phi) is 8.61. The van der Waals surface area contributed by atoms with Gasteiger partial charge in [-0.2, -0.15) is 0 Å². The third kappa shape index (κ3) is 5.92. The van der Waals surface area contributed by atoms with Crippen molar-refractivity contribution in [3.8, 4) is 66.8 Å². The minimum absolute atomic E-state index is 1.20. The Labute approximate surface area is 361 Å².